The Morgan fingerprint density at radius 1 is 0.636 bits per heavy atom. The fraction of sp³-hybridized carbons (Fsp3) is 1.00. The Hall–Kier alpha value is -0.240. The summed E-state index contributed by atoms with van der Waals surface area (Å²) in [5.74, 6) is 0. The van der Waals surface area contributed by atoms with E-state index >= 15 is 0 Å². The van der Waals surface area contributed by atoms with Gasteiger partial charge in [-0.3, -0.25) is 0 Å². The highest BCUT2D eigenvalue weighted by Gasteiger charge is 2.42. The van der Waals surface area contributed by atoms with Crippen LogP contribution in [0.25, 0.3) is 0 Å². The molecule has 6 heteroatoms. The first-order valence-corrected chi connectivity index (χ1v) is 3.10. The second kappa shape index (κ2) is 3.02. The summed E-state index contributed by atoms with van der Waals surface area (Å²) in [4.78, 5) is 0. The van der Waals surface area contributed by atoms with Crippen LogP contribution in [-0.2, 0) is 4.74 Å². The quantitative estimate of drug-likeness (QED) is 0.258. The Bertz CT molecular complexity index is 125. The zero-order valence-corrected chi connectivity index (χ0v) is 5.53. The van der Waals surface area contributed by atoms with Crippen molar-refractivity contribution in [2.75, 3.05) is 0 Å². The number of aliphatic hydroxyl groups is 5. The minimum atomic E-state index is -1.66. The van der Waals surface area contributed by atoms with Gasteiger partial charge in [0, 0.05) is 0 Å². The first-order chi connectivity index (χ1) is 5.04. The third kappa shape index (κ3) is 1.51. The van der Waals surface area contributed by atoms with Gasteiger partial charge in [0.1, 0.15) is 18.3 Å². The van der Waals surface area contributed by atoms with E-state index in [-0.39, 0.29) is 0 Å². The molecule has 0 amide bonds. The number of aliphatic hydroxyl groups excluding tert-OH is 5. The maximum atomic E-state index is 8.89. The monoisotopic (exact) mass is 166 g/mol. The van der Waals surface area contributed by atoms with E-state index in [2.05, 4.69) is 4.74 Å². The number of hydrogen-bond donors (Lipinski definition) is 5. The first kappa shape index (κ1) is 8.85. The molecular formula is C5H10O6. The lowest BCUT2D eigenvalue weighted by molar-refractivity contribution is -0.328. The molecule has 0 aromatic heterocycles. The minimum Gasteiger partial charge on any atom is -0.387 e. The molecule has 1 rings (SSSR count). The Labute approximate surface area is 62.3 Å². The molecule has 1 aliphatic heterocycles. The lowest BCUT2D eigenvalue weighted by Crippen LogP contribution is -2.57. The zero-order chi connectivity index (χ0) is 8.59. The van der Waals surface area contributed by atoms with Crippen LogP contribution in [-0.4, -0.2) is 56.4 Å². The van der Waals surface area contributed by atoms with Crippen LogP contribution in [0.4, 0.5) is 0 Å². The highest BCUT2D eigenvalue weighted by Crippen LogP contribution is 2.17. The molecule has 6 nitrogen and oxygen atoms in total. The van der Waals surface area contributed by atoms with Gasteiger partial charge in [-0.2, -0.15) is 0 Å². The molecule has 66 valence electrons. The number of ether oxygens (including phenoxy) is 1. The van der Waals surface area contributed by atoms with Crippen LogP contribution in [0.5, 0.6) is 0 Å². The van der Waals surface area contributed by atoms with Crippen LogP contribution in [0, 0.1) is 0 Å². The van der Waals surface area contributed by atoms with Crippen molar-refractivity contribution in [1.29, 1.82) is 0 Å². The standard InChI is InChI=1S/C5H10O6/c6-1-2(7)4(9)11-5(10)3(1)8/h1-10H/t1-,2-,3+,4-,5?/m1/s1. The van der Waals surface area contributed by atoms with E-state index < -0.39 is 30.9 Å². The largest absolute Gasteiger partial charge is 0.387 e. The van der Waals surface area contributed by atoms with Gasteiger partial charge >= 0.3 is 0 Å². The molecule has 0 bridgehead atoms. The van der Waals surface area contributed by atoms with Crippen LogP contribution in [0.2, 0.25) is 0 Å². The Morgan fingerprint density at radius 2 is 1.00 bits per heavy atom. The smallest absolute Gasteiger partial charge is 0.186 e. The van der Waals surface area contributed by atoms with Gasteiger partial charge in [-0.1, -0.05) is 0 Å². The molecule has 1 aliphatic rings. The van der Waals surface area contributed by atoms with Crippen molar-refractivity contribution in [3.05, 3.63) is 0 Å². The summed E-state index contributed by atoms with van der Waals surface area (Å²) in [6.45, 7) is 0. The molecule has 1 fully saturated rings. The predicted octanol–water partition coefficient (Wildman–Crippen LogP) is -3.26. The fourth-order valence-corrected chi connectivity index (χ4v) is 0.843. The van der Waals surface area contributed by atoms with Crippen LogP contribution < -0.4 is 0 Å². The van der Waals surface area contributed by atoms with Crippen molar-refractivity contribution in [2.45, 2.75) is 30.9 Å². The Balaban J connectivity index is 2.63. The van der Waals surface area contributed by atoms with Crippen molar-refractivity contribution in [1.82, 2.24) is 0 Å². The van der Waals surface area contributed by atoms with Crippen LogP contribution in [0.1, 0.15) is 0 Å². The highest BCUT2D eigenvalue weighted by atomic mass is 16.7. The van der Waals surface area contributed by atoms with E-state index in [9.17, 15) is 0 Å². The van der Waals surface area contributed by atoms with Gasteiger partial charge in [0.2, 0.25) is 0 Å². The molecule has 1 unspecified atom stereocenters. The number of hydrogen-bond acceptors (Lipinski definition) is 6. The molecule has 1 heterocycles. The molecule has 11 heavy (non-hydrogen) atoms. The van der Waals surface area contributed by atoms with Crippen LogP contribution >= 0.6 is 0 Å². The van der Waals surface area contributed by atoms with E-state index in [1.807, 2.05) is 0 Å². The van der Waals surface area contributed by atoms with Crippen molar-refractivity contribution in [3.63, 3.8) is 0 Å². The van der Waals surface area contributed by atoms with Crippen LogP contribution in [0.15, 0.2) is 0 Å². The average Bonchev–Trinajstić information content (AvgIpc) is 1.97. The minimum absolute atomic E-state index is 1.59. The van der Waals surface area contributed by atoms with Crippen molar-refractivity contribution in [2.24, 2.45) is 0 Å². The van der Waals surface area contributed by atoms with Gasteiger partial charge < -0.3 is 30.3 Å². The highest BCUT2D eigenvalue weighted by molar-refractivity contribution is 4.83. The summed E-state index contributed by atoms with van der Waals surface area (Å²) in [6.07, 6.45) is -8.10. The van der Waals surface area contributed by atoms with Crippen LogP contribution in [0.3, 0.4) is 0 Å². The maximum Gasteiger partial charge on any atom is 0.186 e. The van der Waals surface area contributed by atoms with Gasteiger partial charge in [-0.25, -0.2) is 0 Å². The van der Waals surface area contributed by atoms with Gasteiger partial charge in [-0.05, 0) is 0 Å². The Morgan fingerprint density at radius 3 is 1.36 bits per heavy atom. The van der Waals surface area contributed by atoms with Crippen molar-refractivity contribution < 1.29 is 30.3 Å². The zero-order valence-electron chi connectivity index (χ0n) is 5.53. The molecule has 0 aliphatic carbocycles. The van der Waals surface area contributed by atoms with E-state index in [1.54, 1.807) is 0 Å². The summed E-state index contributed by atoms with van der Waals surface area (Å²) in [7, 11) is 0. The lowest BCUT2D eigenvalue weighted by atomic mass is 10.0. The van der Waals surface area contributed by atoms with Gasteiger partial charge in [0.05, 0.1) is 0 Å². The normalized spacial score (nSPS) is 52.6. The fourth-order valence-electron chi connectivity index (χ4n) is 0.843. The second-order valence-corrected chi connectivity index (χ2v) is 2.39. The molecule has 5 atom stereocenters. The molecule has 0 spiro atoms. The molecule has 1 saturated heterocycles. The first-order valence-electron chi connectivity index (χ1n) is 3.10. The van der Waals surface area contributed by atoms with E-state index in [1.165, 1.54) is 0 Å². The Kier molecular flexibility index (Phi) is 2.43. The molecule has 5 N–H and O–H groups in total. The van der Waals surface area contributed by atoms with E-state index in [0.29, 0.717) is 0 Å². The second-order valence-electron chi connectivity index (χ2n) is 2.39. The molecule has 0 saturated carbocycles. The maximum absolute atomic E-state index is 8.89. The topological polar surface area (TPSA) is 110 Å². The summed E-state index contributed by atoms with van der Waals surface area (Å²) < 4.78 is 4.23. The molecule has 0 radical (unpaired) electrons. The SMILES string of the molecule is OC1O[C@@H](O)[C@H](O)[C@@H](O)[C@@H]1O. The lowest BCUT2D eigenvalue weighted by Gasteiger charge is -2.35. The molecular weight excluding hydrogens is 156 g/mol. The average molecular weight is 166 g/mol. The predicted molar refractivity (Wildman–Crippen MR) is 31.1 cm³/mol. The van der Waals surface area contributed by atoms with E-state index in [0.717, 1.165) is 0 Å². The van der Waals surface area contributed by atoms with Gasteiger partial charge in [-0.15, -0.1) is 0 Å². The van der Waals surface area contributed by atoms with Gasteiger partial charge in [0.25, 0.3) is 0 Å². The van der Waals surface area contributed by atoms with Crippen molar-refractivity contribution >= 4 is 0 Å². The van der Waals surface area contributed by atoms with E-state index in [4.69, 9.17) is 25.5 Å². The summed E-state index contributed by atoms with van der Waals surface area (Å²) in [5, 5.41) is 44.0. The molecule has 0 aromatic carbocycles. The third-order valence-corrected chi connectivity index (χ3v) is 1.56. The number of rotatable bonds is 0. The summed E-state index contributed by atoms with van der Waals surface area (Å²) in [6, 6.07) is 0. The van der Waals surface area contributed by atoms with Crippen molar-refractivity contribution in [3.8, 4) is 0 Å². The summed E-state index contributed by atoms with van der Waals surface area (Å²) in [5.41, 5.74) is 0. The third-order valence-electron chi connectivity index (χ3n) is 1.56. The summed E-state index contributed by atoms with van der Waals surface area (Å²) >= 11 is 0. The molecule has 0 aromatic rings. The van der Waals surface area contributed by atoms with Gasteiger partial charge in [0.15, 0.2) is 12.6 Å².